The molecule has 0 radical (unpaired) electrons. The van der Waals surface area contributed by atoms with Gasteiger partial charge in [0.05, 0.1) is 12.0 Å². The number of carboxylic acid groups (broad SMARTS) is 1. The molecule has 7 nitrogen and oxygen atoms in total. The molecule has 0 aromatic heterocycles. The highest BCUT2D eigenvalue weighted by molar-refractivity contribution is 5.87. The van der Waals surface area contributed by atoms with Gasteiger partial charge >= 0.3 is 12.1 Å². The molecule has 0 atom stereocenters. The number of carbonyl (C=O) groups is 3. The molecular weight excluding hydrogens is 420 g/mol. The number of amides is 2. The van der Waals surface area contributed by atoms with Crippen molar-refractivity contribution in [3.05, 3.63) is 59.7 Å². The van der Waals surface area contributed by atoms with Crippen LogP contribution in [-0.2, 0) is 14.3 Å². The summed E-state index contributed by atoms with van der Waals surface area (Å²) >= 11 is 0. The summed E-state index contributed by atoms with van der Waals surface area (Å²) in [6, 6.07) is 16.3. The second-order valence-corrected chi connectivity index (χ2v) is 9.58. The smallest absolute Gasteiger partial charge is 0.407 e. The van der Waals surface area contributed by atoms with E-state index in [0.717, 1.165) is 28.7 Å². The van der Waals surface area contributed by atoms with Crippen LogP contribution in [-0.4, -0.2) is 52.7 Å². The number of alkyl carbamates (subject to hydrolysis) is 1. The van der Waals surface area contributed by atoms with Gasteiger partial charge in [-0.05, 0) is 55.4 Å². The van der Waals surface area contributed by atoms with Gasteiger partial charge in [0.15, 0.2) is 0 Å². The number of likely N-dealkylation sites (N-methyl/N-ethyl adjacent to an activating group) is 1. The van der Waals surface area contributed by atoms with Crippen molar-refractivity contribution in [3.63, 3.8) is 0 Å². The fourth-order valence-corrected chi connectivity index (χ4v) is 4.66. The standard InChI is InChI=1S/C26H30N2O5/c1-25(2,23(30)31)28(3)22(29)15-26(13-8-14-26)27-24(32)33-16-21-19-11-6-4-9-17(19)18-10-5-7-12-20(18)21/h4-7,9-12,21H,8,13-16H2,1-3H3,(H,27,32)(H,30,31). The molecule has 0 heterocycles. The van der Waals surface area contributed by atoms with Crippen LogP contribution in [0.15, 0.2) is 48.5 Å². The fraction of sp³-hybridized carbons (Fsp3) is 0.423. The minimum absolute atomic E-state index is 0.0374. The number of rotatable bonds is 7. The zero-order valence-corrected chi connectivity index (χ0v) is 19.3. The van der Waals surface area contributed by atoms with Crippen LogP contribution < -0.4 is 5.32 Å². The first-order valence-corrected chi connectivity index (χ1v) is 11.3. The Morgan fingerprint density at radius 3 is 2.09 bits per heavy atom. The molecule has 2 aromatic rings. The van der Waals surface area contributed by atoms with Crippen molar-refractivity contribution in [3.8, 4) is 11.1 Å². The van der Waals surface area contributed by atoms with E-state index in [1.807, 2.05) is 24.3 Å². The predicted molar refractivity (Wildman–Crippen MR) is 124 cm³/mol. The zero-order valence-electron chi connectivity index (χ0n) is 19.3. The van der Waals surface area contributed by atoms with E-state index < -0.39 is 23.1 Å². The van der Waals surface area contributed by atoms with Gasteiger partial charge < -0.3 is 20.1 Å². The lowest BCUT2D eigenvalue weighted by Crippen LogP contribution is -2.58. The molecule has 4 rings (SSSR count). The summed E-state index contributed by atoms with van der Waals surface area (Å²) in [5, 5.41) is 12.3. The molecule has 0 spiro atoms. The molecule has 2 aliphatic rings. The average molecular weight is 451 g/mol. The van der Waals surface area contributed by atoms with Crippen molar-refractivity contribution in [2.24, 2.45) is 0 Å². The van der Waals surface area contributed by atoms with E-state index in [9.17, 15) is 19.5 Å². The average Bonchev–Trinajstić information content (AvgIpc) is 3.09. The number of benzene rings is 2. The second-order valence-electron chi connectivity index (χ2n) is 9.58. The maximum atomic E-state index is 12.8. The maximum absolute atomic E-state index is 12.8. The first-order valence-electron chi connectivity index (χ1n) is 11.3. The number of carbonyl (C=O) groups excluding carboxylic acids is 2. The van der Waals surface area contributed by atoms with E-state index in [2.05, 4.69) is 29.6 Å². The van der Waals surface area contributed by atoms with Gasteiger partial charge in [0.25, 0.3) is 0 Å². The van der Waals surface area contributed by atoms with Crippen LogP contribution in [0.2, 0.25) is 0 Å². The maximum Gasteiger partial charge on any atom is 0.407 e. The number of ether oxygens (including phenoxy) is 1. The Morgan fingerprint density at radius 1 is 1.06 bits per heavy atom. The van der Waals surface area contributed by atoms with Crippen LogP contribution in [0.4, 0.5) is 4.79 Å². The van der Waals surface area contributed by atoms with Crippen molar-refractivity contribution in [2.75, 3.05) is 13.7 Å². The van der Waals surface area contributed by atoms with E-state index in [1.54, 1.807) is 0 Å². The predicted octanol–water partition coefficient (Wildman–Crippen LogP) is 4.16. The molecule has 2 N–H and O–H groups in total. The molecule has 7 heteroatoms. The summed E-state index contributed by atoms with van der Waals surface area (Å²) in [5.74, 6) is -1.43. The summed E-state index contributed by atoms with van der Waals surface area (Å²) in [6.45, 7) is 3.18. The Bertz CT molecular complexity index is 1040. The monoisotopic (exact) mass is 450 g/mol. The minimum Gasteiger partial charge on any atom is -0.480 e. The van der Waals surface area contributed by atoms with Crippen molar-refractivity contribution < 1.29 is 24.2 Å². The van der Waals surface area contributed by atoms with E-state index >= 15 is 0 Å². The molecule has 1 saturated carbocycles. The highest BCUT2D eigenvalue weighted by atomic mass is 16.5. The van der Waals surface area contributed by atoms with Gasteiger partial charge in [0, 0.05) is 13.0 Å². The van der Waals surface area contributed by atoms with E-state index in [0.29, 0.717) is 12.8 Å². The largest absolute Gasteiger partial charge is 0.480 e. The molecule has 0 saturated heterocycles. The number of aliphatic carboxylic acids is 1. The van der Waals surface area contributed by atoms with Gasteiger partial charge in [0.2, 0.25) is 5.91 Å². The quantitative estimate of drug-likeness (QED) is 0.660. The third-order valence-electron chi connectivity index (χ3n) is 7.25. The Balaban J connectivity index is 1.40. The number of nitrogens with zero attached hydrogens (tertiary/aromatic N) is 1. The molecular formula is C26H30N2O5. The van der Waals surface area contributed by atoms with Crippen molar-refractivity contribution in [1.29, 1.82) is 0 Å². The van der Waals surface area contributed by atoms with Crippen LogP contribution in [0.1, 0.15) is 56.6 Å². The minimum atomic E-state index is -1.33. The number of carboxylic acids is 1. The lowest BCUT2D eigenvalue weighted by molar-refractivity contribution is -0.156. The normalized spacial score (nSPS) is 16.2. The molecule has 0 unspecified atom stereocenters. The van der Waals surface area contributed by atoms with Crippen LogP contribution >= 0.6 is 0 Å². The SMILES string of the molecule is CN(C(=O)CC1(NC(=O)OCC2c3ccccc3-c3ccccc32)CCC1)C(C)(C)C(=O)O. The van der Waals surface area contributed by atoms with E-state index in [4.69, 9.17) is 4.74 Å². The Kier molecular flexibility index (Phi) is 5.91. The lowest BCUT2D eigenvalue weighted by atomic mass is 9.74. The van der Waals surface area contributed by atoms with E-state index in [-0.39, 0.29) is 24.9 Å². The molecule has 174 valence electrons. The van der Waals surface area contributed by atoms with Gasteiger partial charge in [0.1, 0.15) is 12.1 Å². The van der Waals surface area contributed by atoms with Gasteiger partial charge in [-0.15, -0.1) is 0 Å². The summed E-state index contributed by atoms with van der Waals surface area (Å²) in [6.07, 6.45) is 1.70. The molecule has 0 aliphatic heterocycles. The Labute approximate surface area is 193 Å². The molecule has 1 fully saturated rings. The molecule has 2 aromatic carbocycles. The third kappa shape index (κ3) is 4.19. The van der Waals surface area contributed by atoms with Gasteiger partial charge in [-0.25, -0.2) is 9.59 Å². The van der Waals surface area contributed by atoms with Crippen molar-refractivity contribution in [1.82, 2.24) is 10.2 Å². The van der Waals surface area contributed by atoms with Crippen LogP contribution in [0.5, 0.6) is 0 Å². The van der Waals surface area contributed by atoms with Crippen LogP contribution in [0.25, 0.3) is 11.1 Å². The summed E-state index contributed by atoms with van der Waals surface area (Å²) < 4.78 is 5.65. The Morgan fingerprint density at radius 2 is 1.61 bits per heavy atom. The van der Waals surface area contributed by atoms with Crippen molar-refractivity contribution in [2.45, 2.75) is 56.5 Å². The number of hydrogen-bond donors (Lipinski definition) is 2. The third-order valence-corrected chi connectivity index (χ3v) is 7.25. The molecule has 2 aliphatic carbocycles. The first-order chi connectivity index (χ1) is 15.6. The van der Waals surface area contributed by atoms with Gasteiger partial charge in [-0.3, -0.25) is 4.79 Å². The summed E-state index contributed by atoms with van der Waals surface area (Å²) in [4.78, 5) is 38.3. The Hall–Kier alpha value is -3.35. The highest BCUT2D eigenvalue weighted by Crippen LogP contribution is 2.44. The summed E-state index contributed by atoms with van der Waals surface area (Å²) in [7, 11) is 1.48. The highest BCUT2D eigenvalue weighted by Gasteiger charge is 2.44. The number of hydrogen-bond acceptors (Lipinski definition) is 4. The molecule has 2 amide bonds. The molecule has 33 heavy (non-hydrogen) atoms. The van der Waals surface area contributed by atoms with Gasteiger partial charge in [-0.2, -0.15) is 0 Å². The van der Waals surface area contributed by atoms with Crippen molar-refractivity contribution >= 4 is 18.0 Å². The number of nitrogens with one attached hydrogen (secondary N) is 1. The second kappa shape index (κ2) is 8.54. The first kappa shape index (κ1) is 22.8. The van der Waals surface area contributed by atoms with Gasteiger partial charge in [-0.1, -0.05) is 48.5 Å². The fourth-order valence-electron chi connectivity index (χ4n) is 4.66. The van der Waals surface area contributed by atoms with E-state index in [1.165, 1.54) is 25.8 Å². The molecule has 0 bridgehead atoms. The topological polar surface area (TPSA) is 95.9 Å². The zero-order chi connectivity index (χ0) is 23.8. The summed E-state index contributed by atoms with van der Waals surface area (Å²) in [5.41, 5.74) is 2.57. The lowest BCUT2D eigenvalue weighted by Gasteiger charge is -2.43. The number of fused-ring (bicyclic) bond motifs is 3. The van der Waals surface area contributed by atoms with Crippen LogP contribution in [0.3, 0.4) is 0 Å². The van der Waals surface area contributed by atoms with Crippen LogP contribution in [0, 0.1) is 0 Å².